The minimum atomic E-state index is -0.108. The van der Waals surface area contributed by atoms with Crippen molar-refractivity contribution in [3.8, 4) is 0 Å². The highest BCUT2D eigenvalue weighted by Crippen LogP contribution is 2.30. The number of aryl methyl sites for hydroxylation is 2. The van der Waals surface area contributed by atoms with Crippen LogP contribution in [0.3, 0.4) is 0 Å². The lowest BCUT2D eigenvalue weighted by molar-refractivity contribution is -0.138. The molecule has 2 aliphatic rings. The quantitative estimate of drug-likeness (QED) is 0.624. The van der Waals surface area contributed by atoms with Gasteiger partial charge in [-0.3, -0.25) is 14.5 Å². The van der Waals surface area contributed by atoms with Crippen molar-refractivity contribution in [3.05, 3.63) is 99.5 Å². The van der Waals surface area contributed by atoms with Gasteiger partial charge < -0.3 is 4.90 Å². The van der Waals surface area contributed by atoms with E-state index in [1.54, 1.807) is 13.1 Å². The number of hydrogen-bond donors (Lipinski definition) is 0. The molecule has 1 unspecified atom stereocenters. The van der Waals surface area contributed by atoms with Crippen molar-refractivity contribution in [1.29, 1.82) is 0 Å². The SMILES string of the molecule is Cn1nc2c(cc1=O)CC(C(=O)N1CCN(C(c3ccccc3)c3ccccc3)CC1)CC2. The Morgan fingerprint density at radius 3 is 2.15 bits per heavy atom. The summed E-state index contributed by atoms with van der Waals surface area (Å²) in [5.74, 6) is 0.161. The summed E-state index contributed by atoms with van der Waals surface area (Å²) in [6.45, 7) is 3.14. The van der Waals surface area contributed by atoms with E-state index in [4.69, 9.17) is 0 Å². The lowest BCUT2D eigenvalue weighted by Crippen LogP contribution is -2.51. The Morgan fingerprint density at radius 2 is 1.55 bits per heavy atom. The first kappa shape index (κ1) is 21.6. The first-order valence-corrected chi connectivity index (χ1v) is 11.8. The maximum atomic E-state index is 13.3. The van der Waals surface area contributed by atoms with Crippen molar-refractivity contribution in [1.82, 2.24) is 19.6 Å². The summed E-state index contributed by atoms with van der Waals surface area (Å²) in [6, 6.07) is 23.1. The number of rotatable bonds is 4. The van der Waals surface area contributed by atoms with Gasteiger partial charge in [0, 0.05) is 45.2 Å². The molecule has 1 aromatic heterocycles. The van der Waals surface area contributed by atoms with E-state index >= 15 is 0 Å². The van der Waals surface area contributed by atoms with E-state index in [0.717, 1.165) is 50.3 Å². The molecule has 1 aliphatic heterocycles. The number of piperazine rings is 1. The molecule has 6 nitrogen and oxygen atoms in total. The first-order valence-electron chi connectivity index (χ1n) is 11.8. The zero-order valence-electron chi connectivity index (χ0n) is 19.1. The molecule has 2 aromatic carbocycles. The summed E-state index contributed by atoms with van der Waals surface area (Å²) in [6.07, 6.45) is 2.17. The fraction of sp³-hybridized carbons (Fsp3) is 0.370. The highest BCUT2D eigenvalue weighted by atomic mass is 16.2. The van der Waals surface area contributed by atoms with Gasteiger partial charge in [0.1, 0.15) is 0 Å². The summed E-state index contributed by atoms with van der Waals surface area (Å²) >= 11 is 0. The Morgan fingerprint density at radius 1 is 0.939 bits per heavy atom. The maximum Gasteiger partial charge on any atom is 0.266 e. The Labute approximate surface area is 194 Å². The van der Waals surface area contributed by atoms with E-state index in [0.29, 0.717) is 6.42 Å². The van der Waals surface area contributed by atoms with Crippen LogP contribution in [0.25, 0.3) is 0 Å². The van der Waals surface area contributed by atoms with Crippen LogP contribution in [0.2, 0.25) is 0 Å². The summed E-state index contributed by atoms with van der Waals surface area (Å²) in [5, 5.41) is 4.38. The van der Waals surface area contributed by atoms with Crippen molar-refractivity contribution >= 4 is 5.91 Å². The number of carbonyl (C=O) groups is 1. The van der Waals surface area contributed by atoms with E-state index in [1.165, 1.54) is 15.8 Å². The number of aromatic nitrogens is 2. The van der Waals surface area contributed by atoms with E-state index in [9.17, 15) is 9.59 Å². The van der Waals surface area contributed by atoms with Gasteiger partial charge in [0.25, 0.3) is 5.56 Å². The predicted octanol–water partition coefficient (Wildman–Crippen LogP) is 2.82. The van der Waals surface area contributed by atoms with Crippen molar-refractivity contribution in [2.24, 2.45) is 13.0 Å². The van der Waals surface area contributed by atoms with Crippen LogP contribution in [0.4, 0.5) is 0 Å². The molecule has 1 aliphatic carbocycles. The molecule has 0 saturated carbocycles. The number of fused-ring (bicyclic) bond motifs is 1. The average Bonchev–Trinajstić information content (AvgIpc) is 2.86. The van der Waals surface area contributed by atoms with Gasteiger partial charge in [-0.15, -0.1) is 0 Å². The molecule has 0 radical (unpaired) electrons. The van der Waals surface area contributed by atoms with E-state index < -0.39 is 0 Å². The van der Waals surface area contributed by atoms with Crippen LogP contribution in [0.15, 0.2) is 71.5 Å². The summed E-state index contributed by atoms with van der Waals surface area (Å²) in [5.41, 5.74) is 4.35. The van der Waals surface area contributed by atoms with Crippen LogP contribution < -0.4 is 5.56 Å². The maximum absolute atomic E-state index is 13.3. The predicted molar refractivity (Wildman–Crippen MR) is 128 cm³/mol. The molecule has 3 aromatic rings. The lowest BCUT2D eigenvalue weighted by Gasteiger charge is -2.41. The van der Waals surface area contributed by atoms with Crippen molar-refractivity contribution in [2.45, 2.75) is 25.3 Å². The van der Waals surface area contributed by atoms with Crippen LogP contribution >= 0.6 is 0 Å². The highest BCUT2D eigenvalue weighted by molar-refractivity contribution is 5.79. The zero-order valence-corrected chi connectivity index (χ0v) is 19.1. The van der Waals surface area contributed by atoms with E-state index in [2.05, 4.69) is 70.7 Å². The third-order valence-electron chi connectivity index (χ3n) is 7.02. The van der Waals surface area contributed by atoms with Gasteiger partial charge in [-0.2, -0.15) is 5.10 Å². The smallest absolute Gasteiger partial charge is 0.266 e. The van der Waals surface area contributed by atoms with Crippen molar-refractivity contribution in [2.75, 3.05) is 26.2 Å². The molecular weight excluding hydrogens is 412 g/mol. The molecule has 5 rings (SSSR count). The molecule has 2 heterocycles. The number of hydrogen-bond acceptors (Lipinski definition) is 4. The lowest BCUT2D eigenvalue weighted by atomic mass is 9.86. The average molecular weight is 443 g/mol. The van der Waals surface area contributed by atoms with Crippen LogP contribution in [0.1, 0.15) is 34.8 Å². The monoisotopic (exact) mass is 442 g/mol. The van der Waals surface area contributed by atoms with E-state index in [-0.39, 0.29) is 23.4 Å². The molecular formula is C27H30N4O2. The molecule has 33 heavy (non-hydrogen) atoms. The summed E-state index contributed by atoms with van der Waals surface area (Å²) in [4.78, 5) is 29.8. The molecule has 0 spiro atoms. The van der Waals surface area contributed by atoms with Gasteiger partial charge in [0.15, 0.2) is 0 Å². The molecule has 6 heteroatoms. The van der Waals surface area contributed by atoms with E-state index in [1.807, 2.05) is 4.90 Å². The van der Waals surface area contributed by atoms with Crippen LogP contribution in [0.5, 0.6) is 0 Å². The van der Waals surface area contributed by atoms with Crippen molar-refractivity contribution in [3.63, 3.8) is 0 Å². The van der Waals surface area contributed by atoms with Crippen LogP contribution in [-0.2, 0) is 24.7 Å². The van der Waals surface area contributed by atoms with Crippen LogP contribution in [-0.4, -0.2) is 51.7 Å². The second-order valence-corrected chi connectivity index (χ2v) is 9.10. The highest BCUT2D eigenvalue weighted by Gasteiger charge is 2.33. The second-order valence-electron chi connectivity index (χ2n) is 9.10. The zero-order chi connectivity index (χ0) is 22.8. The van der Waals surface area contributed by atoms with Gasteiger partial charge >= 0.3 is 0 Å². The number of amides is 1. The van der Waals surface area contributed by atoms with Gasteiger partial charge in [0.05, 0.1) is 11.7 Å². The van der Waals surface area contributed by atoms with Gasteiger partial charge in [-0.25, -0.2) is 4.68 Å². The Kier molecular flexibility index (Phi) is 6.09. The minimum absolute atomic E-state index is 0.0583. The number of nitrogens with zero attached hydrogens (tertiary/aromatic N) is 4. The number of benzene rings is 2. The Balaban J connectivity index is 1.27. The third-order valence-corrected chi connectivity index (χ3v) is 7.02. The summed E-state index contributed by atoms with van der Waals surface area (Å²) < 4.78 is 1.39. The fourth-order valence-corrected chi connectivity index (χ4v) is 5.24. The molecule has 0 bridgehead atoms. The third kappa shape index (κ3) is 4.48. The molecule has 1 atom stereocenters. The molecule has 1 amide bonds. The Bertz CT molecular complexity index is 1130. The number of carbonyl (C=O) groups excluding carboxylic acids is 1. The minimum Gasteiger partial charge on any atom is -0.340 e. The fourth-order valence-electron chi connectivity index (χ4n) is 5.24. The summed E-state index contributed by atoms with van der Waals surface area (Å²) in [7, 11) is 1.68. The normalized spacial score (nSPS) is 18.8. The standard InChI is InChI=1S/C27H30N4O2/c1-29-25(32)19-23-18-22(12-13-24(23)28-29)27(33)31-16-14-30(15-17-31)26(20-8-4-2-5-9-20)21-10-6-3-7-11-21/h2-11,19,22,26H,12-18H2,1H3. The molecule has 1 saturated heterocycles. The van der Waals surface area contributed by atoms with Gasteiger partial charge in [-0.1, -0.05) is 60.7 Å². The second kappa shape index (κ2) is 9.32. The van der Waals surface area contributed by atoms with Crippen LogP contribution in [0, 0.1) is 5.92 Å². The molecule has 170 valence electrons. The Hall–Kier alpha value is -3.25. The molecule has 0 N–H and O–H groups in total. The topological polar surface area (TPSA) is 58.4 Å². The van der Waals surface area contributed by atoms with Crippen molar-refractivity contribution < 1.29 is 4.79 Å². The van der Waals surface area contributed by atoms with Gasteiger partial charge in [0.2, 0.25) is 5.91 Å². The largest absolute Gasteiger partial charge is 0.340 e. The van der Waals surface area contributed by atoms with Gasteiger partial charge in [-0.05, 0) is 36.0 Å². The first-order chi connectivity index (χ1) is 16.1. The molecule has 1 fully saturated rings.